The van der Waals surface area contributed by atoms with E-state index in [0.717, 1.165) is 25.9 Å². The molecule has 2 nitrogen and oxygen atoms in total. The highest BCUT2D eigenvalue weighted by Crippen LogP contribution is 2.24. The second-order valence-electron chi connectivity index (χ2n) is 4.25. The summed E-state index contributed by atoms with van der Waals surface area (Å²) in [6.07, 6.45) is 11.1. The molecule has 1 aromatic carbocycles. The van der Waals surface area contributed by atoms with Crippen LogP contribution in [0.15, 0.2) is 48.8 Å². The molecule has 3 rings (SSSR count). The number of nitrogens with zero attached hydrogens (tertiary/aromatic N) is 2. The quantitative estimate of drug-likeness (QED) is 0.743. The van der Waals surface area contributed by atoms with Crippen molar-refractivity contribution in [2.45, 2.75) is 12.8 Å². The van der Waals surface area contributed by atoms with E-state index in [9.17, 15) is 0 Å². The molecule has 0 aliphatic carbocycles. The first-order chi connectivity index (χ1) is 7.93. The Balaban J connectivity index is 1.79. The van der Waals surface area contributed by atoms with E-state index in [-0.39, 0.29) is 0 Å². The predicted molar refractivity (Wildman–Crippen MR) is 68.6 cm³/mol. The molecule has 0 saturated carbocycles. The molecule has 0 fully saturated rings. The topological polar surface area (TPSA) is 6.48 Å². The molecule has 0 atom stereocenters. The molecule has 0 spiro atoms. The Morgan fingerprint density at radius 1 is 0.688 bits per heavy atom. The fourth-order valence-electron chi connectivity index (χ4n) is 2.25. The van der Waals surface area contributed by atoms with Gasteiger partial charge in [0.05, 0.1) is 0 Å². The summed E-state index contributed by atoms with van der Waals surface area (Å²) in [6.45, 7) is 2.23. The fourth-order valence-corrected chi connectivity index (χ4v) is 2.25. The van der Waals surface area contributed by atoms with Gasteiger partial charge in [-0.1, -0.05) is 12.2 Å². The molecular weight excluding hydrogens is 196 g/mol. The Labute approximate surface area is 96.5 Å². The van der Waals surface area contributed by atoms with Crippen molar-refractivity contribution in [2.75, 3.05) is 22.9 Å². The molecule has 2 aliphatic rings. The van der Waals surface area contributed by atoms with Gasteiger partial charge in [0.2, 0.25) is 0 Å². The van der Waals surface area contributed by atoms with Crippen LogP contribution in [0.2, 0.25) is 0 Å². The highest BCUT2D eigenvalue weighted by Gasteiger charge is 2.09. The zero-order valence-electron chi connectivity index (χ0n) is 9.34. The van der Waals surface area contributed by atoms with Crippen molar-refractivity contribution in [3.63, 3.8) is 0 Å². The van der Waals surface area contributed by atoms with E-state index >= 15 is 0 Å². The molecule has 0 N–H and O–H groups in total. The van der Waals surface area contributed by atoms with Crippen LogP contribution < -0.4 is 9.80 Å². The molecule has 1 aromatic rings. The van der Waals surface area contributed by atoms with Gasteiger partial charge in [-0.05, 0) is 37.1 Å². The van der Waals surface area contributed by atoms with Crippen molar-refractivity contribution in [2.24, 2.45) is 0 Å². The van der Waals surface area contributed by atoms with Crippen LogP contribution in [0.25, 0.3) is 0 Å². The second kappa shape index (κ2) is 4.05. The van der Waals surface area contributed by atoms with Crippen molar-refractivity contribution < 1.29 is 0 Å². The Morgan fingerprint density at radius 3 is 1.44 bits per heavy atom. The lowest BCUT2D eigenvalue weighted by molar-refractivity contribution is 0.989. The van der Waals surface area contributed by atoms with Gasteiger partial charge in [0.25, 0.3) is 0 Å². The molecule has 2 heterocycles. The molecule has 0 amide bonds. The first-order valence-electron chi connectivity index (χ1n) is 5.90. The van der Waals surface area contributed by atoms with Crippen LogP contribution in [-0.2, 0) is 0 Å². The van der Waals surface area contributed by atoms with Crippen molar-refractivity contribution >= 4 is 11.4 Å². The van der Waals surface area contributed by atoms with Gasteiger partial charge in [-0.25, -0.2) is 0 Å². The van der Waals surface area contributed by atoms with E-state index in [2.05, 4.69) is 58.6 Å². The van der Waals surface area contributed by atoms with E-state index < -0.39 is 0 Å². The Bertz CT molecular complexity index is 376. The predicted octanol–water partition coefficient (Wildman–Crippen LogP) is 3.13. The van der Waals surface area contributed by atoms with Gasteiger partial charge in [0.1, 0.15) is 0 Å². The summed E-state index contributed by atoms with van der Waals surface area (Å²) in [7, 11) is 0. The highest BCUT2D eigenvalue weighted by molar-refractivity contribution is 5.59. The molecule has 2 aliphatic heterocycles. The van der Waals surface area contributed by atoms with Crippen LogP contribution >= 0.6 is 0 Å². The largest absolute Gasteiger partial charge is 0.348 e. The van der Waals surface area contributed by atoms with Gasteiger partial charge in [-0.3, -0.25) is 0 Å². The second-order valence-corrected chi connectivity index (χ2v) is 4.25. The number of hydrogen-bond donors (Lipinski definition) is 0. The molecule has 0 unspecified atom stereocenters. The third-order valence-electron chi connectivity index (χ3n) is 3.16. The van der Waals surface area contributed by atoms with Crippen LogP contribution in [0.5, 0.6) is 0 Å². The first-order valence-corrected chi connectivity index (χ1v) is 5.90. The van der Waals surface area contributed by atoms with Gasteiger partial charge in [0, 0.05) is 36.9 Å². The highest BCUT2D eigenvalue weighted by atomic mass is 15.1. The first kappa shape index (κ1) is 9.52. The minimum atomic E-state index is 1.11. The monoisotopic (exact) mass is 212 g/mol. The minimum absolute atomic E-state index is 1.11. The molecule has 0 saturated heterocycles. The van der Waals surface area contributed by atoms with Crippen LogP contribution in [0.3, 0.4) is 0 Å². The third kappa shape index (κ3) is 1.71. The van der Waals surface area contributed by atoms with Gasteiger partial charge in [0.15, 0.2) is 0 Å². The van der Waals surface area contributed by atoms with Crippen molar-refractivity contribution in [3.05, 3.63) is 48.8 Å². The lowest BCUT2D eigenvalue weighted by Gasteiger charge is -2.19. The van der Waals surface area contributed by atoms with Gasteiger partial charge < -0.3 is 9.80 Å². The normalized spacial score (nSPS) is 18.8. The van der Waals surface area contributed by atoms with Crippen molar-refractivity contribution in [3.8, 4) is 0 Å². The summed E-state index contributed by atoms with van der Waals surface area (Å²) in [5.74, 6) is 0. The Morgan fingerprint density at radius 2 is 1.12 bits per heavy atom. The standard InChI is InChI=1S/C14H16N2/c1-2-10-15(9-1)13-5-7-14(8-6-13)16-11-3-4-12-16/h1,3,5-9,11H,2,4,10,12H2. The maximum atomic E-state index is 2.30. The van der Waals surface area contributed by atoms with Crippen LogP contribution in [0.4, 0.5) is 11.4 Å². The summed E-state index contributed by atoms with van der Waals surface area (Å²) in [4.78, 5) is 4.59. The molecule has 0 radical (unpaired) electrons. The minimum Gasteiger partial charge on any atom is -0.348 e. The molecular formula is C14H16N2. The van der Waals surface area contributed by atoms with Gasteiger partial charge in [-0.2, -0.15) is 0 Å². The zero-order chi connectivity index (χ0) is 10.8. The number of benzene rings is 1. The third-order valence-corrected chi connectivity index (χ3v) is 3.16. The van der Waals surface area contributed by atoms with Gasteiger partial charge in [-0.15, -0.1) is 0 Å². The maximum Gasteiger partial charge on any atom is 0.0407 e. The fraction of sp³-hybridized carbons (Fsp3) is 0.286. The average molecular weight is 212 g/mol. The van der Waals surface area contributed by atoms with Crippen LogP contribution in [-0.4, -0.2) is 13.1 Å². The molecule has 2 heteroatoms. The summed E-state index contributed by atoms with van der Waals surface area (Å²) in [5.41, 5.74) is 2.58. The van der Waals surface area contributed by atoms with Gasteiger partial charge >= 0.3 is 0 Å². The smallest absolute Gasteiger partial charge is 0.0407 e. The molecule has 16 heavy (non-hydrogen) atoms. The van der Waals surface area contributed by atoms with E-state index in [1.165, 1.54) is 11.4 Å². The summed E-state index contributed by atoms with van der Waals surface area (Å²) in [6, 6.07) is 8.82. The number of rotatable bonds is 2. The Hall–Kier alpha value is -1.70. The lowest BCUT2D eigenvalue weighted by atomic mass is 10.2. The molecule has 0 aromatic heterocycles. The van der Waals surface area contributed by atoms with Crippen molar-refractivity contribution in [1.29, 1.82) is 0 Å². The summed E-state index contributed by atoms with van der Waals surface area (Å²) >= 11 is 0. The SMILES string of the molecule is C1=CN(c2ccc(N3C=CCC3)cc2)CC1. The van der Waals surface area contributed by atoms with E-state index in [0.29, 0.717) is 0 Å². The Kier molecular flexibility index (Phi) is 2.41. The van der Waals surface area contributed by atoms with Crippen LogP contribution in [0.1, 0.15) is 12.8 Å². The summed E-state index contributed by atoms with van der Waals surface area (Å²) in [5, 5.41) is 0. The summed E-state index contributed by atoms with van der Waals surface area (Å²) < 4.78 is 0. The van der Waals surface area contributed by atoms with E-state index in [1.807, 2.05) is 0 Å². The maximum absolute atomic E-state index is 2.30. The average Bonchev–Trinajstić information content (AvgIpc) is 3.03. The lowest BCUT2D eigenvalue weighted by Crippen LogP contribution is -2.14. The molecule has 0 bridgehead atoms. The van der Waals surface area contributed by atoms with Crippen LogP contribution in [0, 0.1) is 0 Å². The van der Waals surface area contributed by atoms with E-state index in [1.54, 1.807) is 0 Å². The number of hydrogen-bond acceptors (Lipinski definition) is 2. The van der Waals surface area contributed by atoms with Crippen molar-refractivity contribution in [1.82, 2.24) is 0 Å². The zero-order valence-corrected chi connectivity index (χ0v) is 9.34. The molecule has 82 valence electrons. The number of anilines is 2. The van der Waals surface area contributed by atoms with E-state index in [4.69, 9.17) is 0 Å².